The molecule has 2 heterocycles. The van der Waals surface area contributed by atoms with Crippen molar-refractivity contribution >= 4 is 29.1 Å². The molecular formula is C19H16N2O5. The predicted molar refractivity (Wildman–Crippen MR) is 93.5 cm³/mol. The molecule has 0 radical (unpaired) electrons. The summed E-state index contributed by atoms with van der Waals surface area (Å²) in [6, 6.07) is 11.1. The second-order valence-corrected chi connectivity index (χ2v) is 5.70. The summed E-state index contributed by atoms with van der Waals surface area (Å²) in [5.41, 5.74) is 2.20. The lowest BCUT2D eigenvalue weighted by Gasteiger charge is -2.08. The van der Waals surface area contributed by atoms with Crippen molar-refractivity contribution in [3.8, 4) is 5.75 Å². The fourth-order valence-corrected chi connectivity index (χ4v) is 2.93. The lowest BCUT2D eigenvalue weighted by molar-refractivity contribution is -0.139. The first-order chi connectivity index (χ1) is 12.5. The predicted octanol–water partition coefficient (Wildman–Crippen LogP) is 2.24. The molecule has 26 heavy (non-hydrogen) atoms. The number of Topliss-reactive ketones (excluding diaryl/α,β-unsaturated/α-hetero) is 1. The van der Waals surface area contributed by atoms with E-state index in [9.17, 15) is 14.4 Å². The molecule has 0 saturated carbocycles. The van der Waals surface area contributed by atoms with E-state index in [0.29, 0.717) is 23.3 Å². The van der Waals surface area contributed by atoms with Gasteiger partial charge in [-0.3, -0.25) is 9.59 Å². The third kappa shape index (κ3) is 3.19. The van der Waals surface area contributed by atoms with Gasteiger partial charge in [-0.05, 0) is 18.6 Å². The number of fused-ring (bicyclic) bond motifs is 1. The van der Waals surface area contributed by atoms with E-state index in [4.69, 9.17) is 9.84 Å². The Balaban J connectivity index is 2.21. The van der Waals surface area contributed by atoms with Gasteiger partial charge in [0.1, 0.15) is 11.4 Å². The molecule has 3 aromatic rings. The number of benzene rings is 1. The van der Waals surface area contributed by atoms with E-state index in [0.717, 1.165) is 5.56 Å². The van der Waals surface area contributed by atoms with Crippen LogP contribution in [-0.2, 0) is 16.1 Å². The zero-order valence-corrected chi connectivity index (χ0v) is 14.0. The van der Waals surface area contributed by atoms with Gasteiger partial charge in [-0.1, -0.05) is 30.3 Å². The van der Waals surface area contributed by atoms with Gasteiger partial charge in [0.05, 0.1) is 10.9 Å². The summed E-state index contributed by atoms with van der Waals surface area (Å²) in [5.74, 6) is -1.64. The fraction of sp³-hybridized carbons (Fsp3) is 0.158. The average Bonchev–Trinajstić information content (AvgIpc) is 2.92. The molecule has 1 aromatic carbocycles. The maximum atomic E-state index is 12.2. The molecule has 0 atom stereocenters. The van der Waals surface area contributed by atoms with Gasteiger partial charge in [0.2, 0.25) is 5.78 Å². The van der Waals surface area contributed by atoms with Crippen LogP contribution in [0.5, 0.6) is 5.75 Å². The highest BCUT2D eigenvalue weighted by Gasteiger charge is 2.24. The van der Waals surface area contributed by atoms with E-state index in [-0.39, 0.29) is 17.6 Å². The van der Waals surface area contributed by atoms with Gasteiger partial charge in [-0.2, -0.15) is 0 Å². The van der Waals surface area contributed by atoms with Crippen molar-refractivity contribution in [2.75, 3.05) is 6.61 Å². The normalized spacial score (nSPS) is 10.7. The number of carboxylic acid groups (broad SMARTS) is 1. The van der Waals surface area contributed by atoms with Crippen molar-refractivity contribution in [3.05, 3.63) is 59.4 Å². The maximum absolute atomic E-state index is 12.2. The third-order valence-corrected chi connectivity index (χ3v) is 4.05. The average molecular weight is 352 g/mol. The first kappa shape index (κ1) is 17.3. The van der Waals surface area contributed by atoms with E-state index in [1.54, 1.807) is 6.92 Å². The van der Waals surface area contributed by atoms with Gasteiger partial charge in [-0.25, -0.2) is 9.78 Å². The van der Waals surface area contributed by atoms with Crippen LogP contribution in [0.15, 0.2) is 42.6 Å². The van der Waals surface area contributed by atoms with Crippen molar-refractivity contribution in [2.45, 2.75) is 13.5 Å². The van der Waals surface area contributed by atoms with E-state index < -0.39 is 18.4 Å². The Hall–Kier alpha value is -3.48. The highest BCUT2D eigenvalue weighted by Crippen LogP contribution is 2.33. The standard InChI is InChI=1S/C19H16N2O5/c1-12-17(14(23)10-22)18-15(26-11-16(24)25)7-8-20-19(18)21(12)9-13-5-3-2-4-6-13/h2-8,10H,9,11H2,1H3,(H,24,25). The van der Waals surface area contributed by atoms with Crippen LogP contribution in [0.25, 0.3) is 11.0 Å². The van der Waals surface area contributed by atoms with E-state index in [2.05, 4.69) is 4.98 Å². The Morgan fingerprint density at radius 1 is 1.23 bits per heavy atom. The van der Waals surface area contributed by atoms with E-state index in [1.807, 2.05) is 34.9 Å². The quantitative estimate of drug-likeness (QED) is 0.398. The van der Waals surface area contributed by atoms with Crippen LogP contribution in [0.1, 0.15) is 21.6 Å². The summed E-state index contributed by atoms with van der Waals surface area (Å²) in [6.07, 6.45) is 1.72. The van der Waals surface area contributed by atoms with Gasteiger partial charge < -0.3 is 14.4 Å². The smallest absolute Gasteiger partial charge is 0.341 e. The number of pyridine rings is 1. The van der Waals surface area contributed by atoms with Crippen LogP contribution < -0.4 is 4.74 Å². The number of hydrogen-bond acceptors (Lipinski definition) is 5. The number of aldehydes is 1. The lowest BCUT2D eigenvalue weighted by atomic mass is 10.1. The number of rotatable bonds is 7. The van der Waals surface area contributed by atoms with Crippen molar-refractivity contribution in [1.29, 1.82) is 0 Å². The number of carbonyl (C=O) groups is 3. The molecule has 0 aliphatic carbocycles. The number of aliphatic carboxylic acids is 1. The Morgan fingerprint density at radius 3 is 2.62 bits per heavy atom. The van der Waals surface area contributed by atoms with Crippen LogP contribution >= 0.6 is 0 Å². The maximum Gasteiger partial charge on any atom is 0.341 e. The van der Waals surface area contributed by atoms with Gasteiger partial charge in [0.25, 0.3) is 0 Å². The van der Waals surface area contributed by atoms with Gasteiger partial charge in [0.15, 0.2) is 12.9 Å². The molecule has 0 spiro atoms. The number of hydrogen-bond donors (Lipinski definition) is 1. The third-order valence-electron chi connectivity index (χ3n) is 4.05. The number of aromatic nitrogens is 2. The van der Waals surface area contributed by atoms with Crippen molar-refractivity contribution < 1.29 is 24.2 Å². The molecule has 0 saturated heterocycles. The van der Waals surface area contributed by atoms with Crippen molar-refractivity contribution in [2.24, 2.45) is 0 Å². The Kier molecular flexibility index (Phi) is 4.79. The molecule has 0 unspecified atom stereocenters. The topological polar surface area (TPSA) is 98.5 Å². The first-order valence-corrected chi connectivity index (χ1v) is 7.88. The van der Waals surface area contributed by atoms with Crippen LogP contribution in [0.2, 0.25) is 0 Å². The Morgan fingerprint density at radius 2 is 1.96 bits per heavy atom. The zero-order valence-electron chi connectivity index (χ0n) is 14.0. The minimum Gasteiger partial charge on any atom is -0.481 e. The van der Waals surface area contributed by atoms with Crippen molar-refractivity contribution in [1.82, 2.24) is 9.55 Å². The molecule has 3 rings (SSSR count). The summed E-state index contributed by atoms with van der Waals surface area (Å²) in [4.78, 5) is 38.5. The highest BCUT2D eigenvalue weighted by atomic mass is 16.5. The molecule has 2 aromatic heterocycles. The molecule has 7 nitrogen and oxygen atoms in total. The van der Waals surface area contributed by atoms with Crippen LogP contribution in [0.3, 0.4) is 0 Å². The van der Waals surface area contributed by atoms with Crippen molar-refractivity contribution in [3.63, 3.8) is 0 Å². The Bertz CT molecular complexity index is 992. The number of nitrogens with zero attached hydrogens (tertiary/aromatic N) is 2. The van der Waals surface area contributed by atoms with Crippen LogP contribution in [-0.4, -0.2) is 39.3 Å². The monoisotopic (exact) mass is 352 g/mol. The van der Waals surface area contributed by atoms with E-state index >= 15 is 0 Å². The molecule has 1 N–H and O–H groups in total. The second kappa shape index (κ2) is 7.18. The van der Waals surface area contributed by atoms with Gasteiger partial charge >= 0.3 is 5.97 Å². The first-order valence-electron chi connectivity index (χ1n) is 7.88. The fourth-order valence-electron chi connectivity index (χ4n) is 2.93. The van der Waals surface area contributed by atoms with Gasteiger partial charge in [0, 0.05) is 18.4 Å². The molecule has 0 fully saturated rings. The SMILES string of the molecule is Cc1c(C(=O)C=O)c2c(OCC(=O)O)ccnc2n1Cc1ccccc1. The zero-order chi connectivity index (χ0) is 18.7. The number of ketones is 1. The molecule has 0 aliphatic rings. The lowest BCUT2D eigenvalue weighted by Crippen LogP contribution is -2.10. The van der Waals surface area contributed by atoms with Crippen LogP contribution in [0.4, 0.5) is 0 Å². The summed E-state index contributed by atoms with van der Waals surface area (Å²) < 4.78 is 7.13. The molecule has 0 bridgehead atoms. The largest absolute Gasteiger partial charge is 0.481 e. The molecule has 7 heteroatoms. The highest BCUT2D eigenvalue weighted by molar-refractivity contribution is 6.37. The molecule has 132 valence electrons. The number of carbonyl (C=O) groups excluding carboxylic acids is 2. The molecule has 0 aliphatic heterocycles. The van der Waals surface area contributed by atoms with E-state index in [1.165, 1.54) is 12.3 Å². The second-order valence-electron chi connectivity index (χ2n) is 5.70. The number of ether oxygens (including phenoxy) is 1. The summed E-state index contributed by atoms with van der Waals surface area (Å²) in [5, 5.41) is 9.20. The minimum atomic E-state index is -1.14. The summed E-state index contributed by atoms with van der Waals surface area (Å²) in [7, 11) is 0. The summed E-state index contributed by atoms with van der Waals surface area (Å²) >= 11 is 0. The minimum absolute atomic E-state index is 0.180. The van der Waals surface area contributed by atoms with Gasteiger partial charge in [-0.15, -0.1) is 0 Å². The summed E-state index contributed by atoms with van der Waals surface area (Å²) in [6.45, 7) is 1.61. The molecular weight excluding hydrogens is 336 g/mol. The molecule has 0 amide bonds. The van der Waals surface area contributed by atoms with Crippen LogP contribution in [0, 0.1) is 6.92 Å². The number of carboxylic acids is 1. The Labute approximate surface area is 148 Å².